The number of primary amides is 1. The van der Waals surface area contributed by atoms with Crippen LogP contribution in [-0.4, -0.2) is 26.6 Å². The Hall–Kier alpha value is -3.48. The van der Waals surface area contributed by atoms with Crippen molar-refractivity contribution in [2.75, 3.05) is 5.32 Å². The van der Waals surface area contributed by atoms with E-state index >= 15 is 0 Å². The van der Waals surface area contributed by atoms with Gasteiger partial charge in [-0.05, 0) is 55.5 Å². The molecule has 7 nitrogen and oxygen atoms in total. The van der Waals surface area contributed by atoms with Gasteiger partial charge in [-0.2, -0.15) is 5.10 Å². The molecule has 7 heteroatoms. The molecule has 0 unspecified atom stereocenters. The first kappa shape index (κ1) is 17.0. The molecule has 3 aromatic rings. The lowest BCUT2D eigenvalue weighted by Gasteiger charge is -2.16. The Morgan fingerprint density at radius 1 is 1.00 bits per heavy atom. The average molecular weight is 361 g/mol. The summed E-state index contributed by atoms with van der Waals surface area (Å²) in [5, 5.41) is 7.05. The van der Waals surface area contributed by atoms with Crippen molar-refractivity contribution in [3.8, 4) is 5.69 Å². The summed E-state index contributed by atoms with van der Waals surface area (Å²) in [6.45, 7) is 0. The normalized spacial score (nSPS) is 13.0. The molecule has 0 bridgehead atoms. The van der Waals surface area contributed by atoms with Crippen LogP contribution in [0.3, 0.4) is 0 Å². The number of para-hydroxylation sites is 2. The smallest absolute Gasteiger partial charge is 0.274 e. The topological polar surface area (TPSA) is 103 Å². The summed E-state index contributed by atoms with van der Waals surface area (Å²) in [5.41, 5.74) is 9.27. The molecule has 1 aliphatic rings. The highest BCUT2D eigenvalue weighted by Crippen LogP contribution is 2.22. The van der Waals surface area contributed by atoms with Crippen molar-refractivity contribution in [2.24, 2.45) is 5.73 Å². The Labute approximate surface area is 156 Å². The minimum atomic E-state index is -0.603. The van der Waals surface area contributed by atoms with Crippen LogP contribution in [0.15, 0.2) is 48.7 Å². The largest absolute Gasteiger partial charge is 0.364 e. The van der Waals surface area contributed by atoms with Crippen LogP contribution >= 0.6 is 0 Å². The molecular weight excluding hydrogens is 342 g/mol. The number of nitrogens with two attached hydrogens (primary N) is 1. The summed E-state index contributed by atoms with van der Waals surface area (Å²) in [7, 11) is 0. The second kappa shape index (κ2) is 7.03. The van der Waals surface area contributed by atoms with Crippen molar-refractivity contribution >= 4 is 17.5 Å². The minimum absolute atomic E-state index is 0.160. The van der Waals surface area contributed by atoms with E-state index in [2.05, 4.69) is 15.4 Å². The highest BCUT2D eigenvalue weighted by atomic mass is 16.2. The van der Waals surface area contributed by atoms with Gasteiger partial charge in [0.2, 0.25) is 0 Å². The standard InChI is InChI=1S/C20H19N5O2/c21-19(26)16-11-12-25(24-16)18-8-4-3-7-15(18)23-20(27)17-10-9-13-5-1-2-6-14(13)22-17/h3-4,7-12H,1-2,5-6H2,(H2,21,26)(H,23,27). The number of carbonyl (C=O) groups excluding carboxylic acids is 2. The molecular formula is C20H19N5O2. The van der Waals surface area contributed by atoms with E-state index < -0.39 is 5.91 Å². The van der Waals surface area contributed by atoms with E-state index in [0.717, 1.165) is 25.0 Å². The first-order valence-electron chi connectivity index (χ1n) is 8.87. The number of amides is 2. The summed E-state index contributed by atoms with van der Waals surface area (Å²) in [6, 6.07) is 12.5. The van der Waals surface area contributed by atoms with E-state index in [1.165, 1.54) is 22.7 Å². The summed E-state index contributed by atoms with van der Waals surface area (Å²) >= 11 is 0. The van der Waals surface area contributed by atoms with E-state index in [1.807, 2.05) is 18.2 Å². The van der Waals surface area contributed by atoms with Gasteiger partial charge in [0.05, 0.1) is 11.4 Å². The van der Waals surface area contributed by atoms with E-state index in [-0.39, 0.29) is 11.6 Å². The van der Waals surface area contributed by atoms with Gasteiger partial charge in [-0.15, -0.1) is 0 Å². The molecule has 1 aliphatic carbocycles. The van der Waals surface area contributed by atoms with Gasteiger partial charge < -0.3 is 11.1 Å². The summed E-state index contributed by atoms with van der Waals surface area (Å²) in [5.74, 6) is -0.883. The number of anilines is 1. The number of fused-ring (bicyclic) bond motifs is 1. The number of aryl methyl sites for hydroxylation is 2. The first-order chi connectivity index (χ1) is 13.1. The van der Waals surface area contributed by atoms with Gasteiger partial charge in [-0.25, -0.2) is 9.67 Å². The molecule has 0 saturated carbocycles. The van der Waals surface area contributed by atoms with Gasteiger partial charge >= 0.3 is 0 Å². The van der Waals surface area contributed by atoms with Crippen LogP contribution in [0.5, 0.6) is 0 Å². The number of aromatic nitrogens is 3. The maximum Gasteiger partial charge on any atom is 0.274 e. The number of pyridine rings is 1. The van der Waals surface area contributed by atoms with Gasteiger partial charge in [0, 0.05) is 11.9 Å². The number of carbonyl (C=O) groups is 2. The fourth-order valence-corrected chi connectivity index (χ4v) is 3.26. The molecule has 2 aromatic heterocycles. The SMILES string of the molecule is NC(=O)c1ccn(-c2ccccc2NC(=O)c2ccc3c(n2)CCCC3)n1. The lowest BCUT2D eigenvalue weighted by atomic mass is 9.96. The van der Waals surface area contributed by atoms with Gasteiger partial charge in [-0.1, -0.05) is 18.2 Å². The molecule has 0 atom stereocenters. The van der Waals surface area contributed by atoms with E-state index in [0.29, 0.717) is 17.1 Å². The predicted octanol–water partition coefficient (Wildman–Crippen LogP) is 2.50. The fourth-order valence-electron chi connectivity index (χ4n) is 3.26. The maximum absolute atomic E-state index is 12.7. The summed E-state index contributed by atoms with van der Waals surface area (Å²) < 4.78 is 1.51. The zero-order valence-electron chi connectivity index (χ0n) is 14.7. The van der Waals surface area contributed by atoms with Gasteiger partial charge in [0.1, 0.15) is 11.4 Å². The highest BCUT2D eigenvalue weighted by Gasteiger charge is 2.16. The van der Waals surface area contributed by atoms with Crippen LogP contribution in [0, 0.1) is 0 Å². The number of rotatable bonds is 4. The van der Waals surface area contributed by atoms with Crippen molar-refractivity contribution in [3.63, 3.8) is 0 Å². The Bertz CT molecular complexity index is 1020. The predicted molar refractivity (Wildman–Crippen MR) is 101 cm³/mol. The van der Waals surface area contributed by atoms with E-state index in [4.69, 9.17) is 5.73 Å². The number of benzene rings is 1. The molecule has 2 heterocycles. The Morgan fingerprint density at radius 3 is 2.63 bits per heavy atom. The lowest BCUT2D eigenvalue weighted by Crippen LogP contribution is -2.18. The zero-order chi connectivity index (χ0) is 18.8. The van der Waals surface area contributed by atoms with Crippen LogP contribution in [0.2, 0.25) is 0 Å². The summed E-state index contributed by atoms with van der Waals surface area (Å²) in [4.78, 5) is 28.5. The van der Waals surface area contributed by atoms with Crippen LogP contribution in [-0.2, 0) is 12.8 Å². The Morgan fingerprint density at radius 2 is 1.81 bits per heavy atom. The van der Waals surface area contributed by atoms with Crippen LogP contribution in [0.4, 0.5) is 5.69 Å². The Kier molecular flexibility index (Phi) is 4.42. The van der Waals surface area contributed by atoms with Gasteiger partial charge in [0.25, 0.3) is 11.8 Å². The fraction of sp³-hybridized carbons (Fsp3) is 0.200. The molecule has 0 saturated heterocycles. The molecule has 136 valence electrons. The van der Waals surface area contributed by atoms with Crippen molar-refractivity contribution in [1.82, 2.24) is 14.8 Å². The van der Waals surface area contributed by atoms with Crippen LogP contribution in [0.1, 0.15) is 45.1 Å². The first-order valence-corrected chi connectivity index (χ1v) is 8.87. The van der Waals surface area contributed by atoms with Crippen molar-refractivity contribution in [3.05, 3.63) is 71.3 Å². The third-order valence-electron chi connectivity index (χ3n) is 4.65. The average Bonchev–Trinajstić information content (AvgIpc) is 3.18. The quantitative estimate of drug-likeness (QED) is 0.745. The number of nitrogens with one attached hydrogen (secondary N) is 1. The molecule has 0 spiro atoms. The van der Waals surface area contributed by atoms with Gasteiger partial charge in [-0.3, -0.25) is 9.59 Å². The molecule has 0 fully saturated rings. The number of nitrogens with zero attached hydrogens (tertiary/aromatic N) is 3. The van der Waals surface area contributed by atoms with E-state index in [1.54, 1.807) is 24.4 Å². The molecule has 27 heavy (non-hydrogen) atoms. The molecule has 4 rings (SSSR count). The molecule has 0 aliphatic heterocycles. The van der Waals surface area contributed by atoms with Crippen molar-refractivity contribution in [1.29, 1.82) is 0 Å². The number of hydrogen-bond donors (Lipinski definition) is 2. The lowest BCUT2D eigenvalue weighted by molar-refractivity contribution is 0.0992. The molecule has 3 N–H and O–H groups in total. The molecule has 2 amide bonds. The minimum Gasteiger partial charge on any atom is -0.364 e. The molecule has 1 aromatic carbocycles. The third-order valence-corrected chi connectivity index (χ3v) is 4.65. The second-order valence-electron chi connectivity index (χ2n) is 6.49. The zero-order valence-corrected chi connectivity index (χ0v) is 14.7. The van der Waals surface area contributed by atoms with Crippen molar-refractivity contribution < 1.29 is 9.59 Å². The van der Waals surface area contributed by atoms with Crippen LogP contribution in [0.25, 0.3) is 5.69 Å². The maximum atomic E-state index is 12.7. The van der Waals surface area contributed by atoms with Gasteiger partial charge in [0.15, 0.2) is 0 Å². The second-order valence-corrected chi connectivity index (χ2v) is 6.49. The Balaban J connectivity index is 1.61. The summed E-state index contributed by atoms with van der Waals surface area (Å²) in [6.07, 6.45) is 5.84. The highest BCUT2D eigenvalue weighted by molar-refractivity contribution is 6.04. The van der Waals surface area contributed by atoms with Crippen LogP contribution < -0.4 is 11.1 Å². The van der Waals surface area contributed by atoms with E-state index in [9.17, 15) is 9.59 Å². The monoisotopic (exact) mass is 361 g/mol. The molecule has 0 radical (unpaired) electrons. The third kappa shape index (κ3) is 3.44. The number of hydrogen-bond acceptors (Lipinski definition) is 4. The van der Waals surface area contributed by atoms with Crippen molar-refractivity contribution in [2.45, 2.75) is 25.7 Å².